The average Bonchev–Trinajstić information content (AvgIpc) is 3.16. The molecule has 1 amide bonds. The van der Waals surface area contributed by atoms with Gasteiger partial charge in [0.2, 0.25) is 0 Å². The first kappa shape index (κ1) is 20.9. The lowest BCUT2D eigenvalue weighted by atomic mass is 10.1. The highest BCUT2D eigenvalue weighted by Crippen LogP contribution is 2.16. The third kappa shape index (κ3) is 5.60. The van der Waals surface area contributed by atoms with Crippen molar-refractivity contribution >= 4 is 5.91 Å². The van der Waals surface area contributed by atoms with Crippen molar-refractivity contribution in [1.82, 2.24) is 9.47 Å². The molecule has 3 aromatic rings. The van der Waals surface area contributed by atoms with Gasteiger partial charge in [-0.25, -0.2) is 0 Å². The zero-order chi connectivity index (χ0) is 20.6. The van der Waals surface area contributed by atoms with E-state index in [1.807, 2.05) is 36.1 Å². The number of unbranched alkanes of at least 4 members (excludes halogenated alkanes) is 2. The molecule has 0 aliphatic rings. The molecule has 1 heterocycles. The molecule has 152 valence electrons. The van der Waals surface area contributed by atoms with E-state index in [1.165, 1.54) is 22.4 Å². The van der Waals surface area contributed by atoms with Crippen molar-refractivity contribution in [2.24, 2.45) is 0 Å². The Bertz CT molecular complexity index is 924. The maximum atomic E-state index is 13.2. The van der Waals surface area contributed by atoms with Crippen LogP contribution >= 0.6 is 0 Å². The first-order chi connectivity index (χ1) is 14.1. The lowest BCUT2D eigenvalue weighted by molar-refractivity contribution is 0.0736. The molecule has 0 atom stereocenters. The molecule has 0 fully saturated rings. The molecule has 0 N–H and O–H groups in total. The zero-order valence-corrected chi connectivity index (χ0v) is 17.9. The summed E-state index contributed by atoms with van der Waals surface area (Å²) in [4.78, 5) is 15.2. The van der Waals surface area contributed by atoms with Crippen molar-refractivity contribution in [1.29, 1.82) is 0 Å². The number of benzene rings is 2. The maximum absolute atomic E-state index is 13.2. The van der Waals surface area contributed by atoms with E-state index < -0.39 is 0 Å². The standard InChI is InChI=1S/C26H32N2O/c1-4-5-8-17-28(26(29)23-15-13-21(2)14-16-23)20-25-12-9-18-27(25)19-24-11-7-6-10-22(24)3/h6-7,9-16,18H,4-5,8,17,19-20H2,1-3H3. The summed E-state index contributed by atoms with van der Waals surface area (Å²) in [5.74, 6) is 0.116. The highest BCUT2D eigenvalue weighted by Gasteiger charge is 2.17. The van der Waals surface area contributed by atoms with Crippen LogP contribution in [0, 0.1) is 13.8 Å². The van der Waals surface area contributed by atoms with Crippen LogP contribution in [-0.4, -0.2) is 21.9 Å². The molecule has 1 aromatic heterocycles. The Morgan fingerprint density at radius 2 is 1.69 bits per heavy atom. The molecule has 0 radical (unpaired) electrons. The normalized spacial score (nSPS) is 10.9. The Hall–Kier alpha value is -2.81. The number of hydrogen-bond acceptors (Lipinski definition) is 1. The van der Waals surface area contributed by atoms with Crippen LogP contribution < -0.4 is 0 Å². The van der Waals surface area contributed by atoms with Crippen LogP contribution in [0.2, 0.25) is 0 Å². The number of aromatic nitrogens is 1. The molecule has 3 heteroatoms. The molecule has 0 unspecified atom stereocenters. The Labute approximate surface area is 175 Å². The summed E-state index contributed by atoms with van der Waals surface area (Å²) >= 11 is 0. The molecule has 0 bridgehead atoms. The second-order valence-electron chi connectivity index (χ2n) is 7.85. The second kappa shape index (κ2) is 10.1. The lowest BCUT2D eigenvalue weighted by Gasteiger charge is -2.24. The Morgan fingerprint density at radius 1 is 0.931 bits per heavy atom. The molecule has 0 saturated heterocycles. The number of carbonyl (C=O) groups is 1. The van der Waals surface area contributed by atoms with Gasteiger partial charge in [-0.15, -0.1) is 0 Å². The van der Waals surface area contributed by atoms with Crippen molar-refractivity contribution in [3.63, 3.8) is 0 Å². The van der Waals surface area contributed by atoms with Crippen molar-refractivity contribution in [2.75, 3.05) is 6.54 Å². The molecule has 0 saturated carbocycles. The van der Waals surface area contributed by atoms with E-state index in [9.17, 15) is 4.79 Å². The number of nitrogens with zero attached hydrogens (tertiary/aromatic N) is 2. The molecule has 29 heavy (non-hydrogen) atoms. The summed E-state index contributed by atoms with van der Waals surface area (Å²) in [6.45, 7) is 8.64. The van der Waals surface area contributed by atoms with Crippen LogP contribution in [0.5, 0.6) is 0 Å². The quantitative estimate of drug-likeness (QED) is 0.414. The van der Waals surface area contributed by atoms with Gasteiger partial charge in [-0.3, -0.25) is 4.79 Å². The summed E-state index contributed by atoms with van der Waals surface area (Å²) in [6.07, 6.45) is 5.44. The monoisotopic (exact) mass is 388 g/mol. The molecular formula is C26H32N2O. The second-order valence-corrected chi connectivity index (χ2v) is 7.85. The van der Waals surface area contributed by atoms with Gasteiger partial charge in [0.15, 0.2) is 0 Å². The van der Waals surface area contributed by atoms with E-state index in [1.54, 1.807) is 0 Å². The zero-order valence-electron chi connectivity index (χ0n) is 17.9. The van der Waals surface area contributed by atoms with Crippen LogP contribution in [0.3, 0.4) is 0 Å². The smallest absolute Gasteiger partial charge is 0.254 e. The lowest BCUT2D eigenvalue weighted by Crippen LogP contribution is -2.32. The summed E-state index contributed by atoms with van der Waals surface area (Å²) in [7, 11) is 0. The van der Waals surface area contributed by atoms with E-state index in [-0.39, 0.29) is 5.91 Å². The van der Waals surface area contributed by atoms with E-state index >= 15 is 0 Å². The van der Waals surface area contributed by atoms with Gasteiger partial charge in [0, 0.05) is 30.5 Å². The van der Waals surface area contributed by atoms with Crippen molar-refractivity contribution in [2.45, 2.75) is 53.1 Å². The van der Waals surface area contributed by atoms with Gasteiger partial charge in [0.1, 0.15) is 0 Å². The fraction of sp³-hybridized carbons (Fsp3) is 0.346. The number of aryl methyl sites for hydroxylation is 2. The molecule has 2 aromatic carbocycles. The Morgan fingerprint density at radius 3 is 2.41 bits per heavy atom. The van der Waals surface area contributed by atoms with Gasteiger partial charge >= 0.3 is 0 Å². The van der Waals surface area contributed by atoms with Gasteiger partial charge in [0.25, 0.3) is 5.91 Å². The number of hydrogen-bond donors (Lipinski definition) is 0. The molecular weight excluding hydrogens is 356 g/mol. The van der Waals surface area contributed by atoms with E-state index in [4.69, 9.17) is 0 Å². The van der Waals surface area contributed by atoms with Gasteiger partial charge in [-0.05, 0) is 55.7 Å². The third-order valence-electron chi connectivity index (χ3n) is 5.50. The SMILES string of the molecule is CCCCCN(Cc1cccn1Cc1ccccc1C)C(=O)c1ccc(C)cc1. The summed E-state index contributed by atoms with van der Waals surface area (Å²) in [6, 6.07) is 20.6. The minimum Gasteiger partial charge on any atom is -0.345 e. The van der Waals surface area contributed by atoms with Crippen LogP contribution in [-0.2, 0) is 13.1 Å². The van der Waals surface area contributed by atoms with Gasteiger partial charge in [-0.2, -0.15) is 0 Å². The third-order valence-corrected chi connectivity index (χ3v) is 5.50. The molecule has 3 rings (SSSR count). The summed E-state index contributed by atoms with van der Waals surface area (Å²) in [5, 5.41) is 0. The Kier molecular flexibility index (Phi) is 7.29. The van der Waals surface area contributed by atoms with E-state index in [0.29, 0.717) is 6.54 Å². The highest BCUT2D eigenvalue weighted by atomic mass is 16.2. The topological polar surface area (TPSA) is 25.2 Å². The van der Waals surface area contributed by atoms with Crippen LogP contribution in [0.1, 0.15) is 58.9 Å². The number of carbonyl (C=O) groups excluding carboxylic acids is 1. The number of amides is 1. The van der Waals surface area contributed by atoms with E-state index in [2.05, 4.69) is 61.0 Å². The first-order valence-corrected chi connectivity index (χ1v) is 10.6. The van der Waals surface area contributed by atoms with Crippen molar-refractivity contribution < 1.29 is 4.79 Å². The van der Waals surface area contributed by atoms with Crippen LogP contribution in [0.25, 0.3) is 0 Å². The largest absolute Gasteiger partial charge is 0.345 e. The van der Waals surface area contributed by atoms with Crippen molar-refractivity contribution in [3.8, 4) is 0 Å². The molecule has 0 spiro atoms. The van der Waals surface area contributed by atoms with Crippen LogP contribution in [0.4, 0.5) is 0 Å². The highest BCUT2D eigenvalue weighted by molar-refractivity contribution is 5.94. The molecule has 3 nitrogen and oxygen atoms in total. The van der Waals surface area contributed by atoms with Crippen molar-refractivity contribution in [3.05, 3.63) is 94.8 Å². The fourth-order valence-electron chi connectivity index (χ4n) is 3.60. The number of rotatable bonds is 9. The minimum atomic E-state index is 0.116. The predicted molar refractivity (Wildman–Crippen MR) is 120 cm³/mol. The van der Waals surface area contributed by atoms with Gasteiger partial charge in [-0.1, -0.05) is 61.7 Å². The summed E-state index contributed by atoms with van der Waals surface area (Å²) in [5.41, 5.74) is 5.72. The van der Waals surface area contributed by atoms with Gasteiger partial charge in [0.05, 0.1) is 6.54 Å². The molecule has 0 aliphatic heterocycles. The average molecular weight is 389 g/mol. The first-order valence-electron chi connectivity index (χ1n) is 10.6. The fourth-order valence-corrected chi connectivity index (χ4v) is 3.60. The summed E-state index contributed by atoms with van der Waals surface area (Å²) < 4.78 is 2.26. The predicted octanol–water partition coefficient (Wildman–Crippen LogP) is 5.99. The molecule has 0 aliphatic carbocycles. The van der Waals surface area contributed by atoms with Crippen LogP contribution in [0.15, 0.2) is 66.9 Å². The van der Waals surface area contributed by atoms with E-state index in [0.717, 1.165) is 37.9 Å². The Balaban J connectivity index is 1.79. The van der Waals surface area contributed by atoms with Gasteiger partial charge < -0.3 is 9.47 Å². The maximum Gasteiger partial charge on any atom is 0.254 e. The minimum absolute atomic E-state index is 0.116.